The summed E-state index contributed by atoms with van der Waals surface area (Å²) in [4.78, 5) is 14.5. The highest BCUT2D eigenvalue weighted by molar-refractivity contribution is 5.53. The number of carbonyl (C=O) groups excluding carboxylic acids is 1. The van der Waals surface area contributed by atoms with Crippen LogP contribution in [0.25, 0.3) is 0 Å². The number of aliphatic imine (C=N–C) groups is 1. The third-order valence-corrected chi connectivity index (χ3v) is 3.28. The van der Waals surface area contributed by atoms with Crippen molar-refractivity contribution in [1.82, 2.24) is 0 Å². The highest BCUT2D eigenvalue weighted by Crippen LogP contribution is 2.53. The number of aryl methyl sites for hydroxylation is 1. The molecule has 0 amide bonds. The van der Waals surface area contributed by atoms with Gasteiger partial charge >= 0.3 is 0 Å². The van der Waals surface area contributed by atoms with Crippen molar-refractivity contribution in [2.45, 2.75) is 32.2 Å². The van der Waals surface area contributed by atoms with Gasteiger partial charge in [-0.2, -0.15) is 4.99 Å². The second kappa shape index (κ2) is 4.83. The van der Waals surface area contributed by atoms with Crippen LogP contribution in [0.4, 0.5) is 0 Å². The molecule has 4 heteroatoms. The number of methoxy groups -OCH3 is 1. The second-order valence-corrected chi connectivity index (χ2v) is 4.49. The van der Waals surface area contributed by atoms with Crippen molar-refractivity contribution < 1.29 is 14.3 Å². The van der Waals surface area contributed by atoms with E-state index in [9.17, 15) is 4.79 Å². The maximum atomic E-state index is 10.5. The van der Waals surface area contributed by atoms with Crippen LogP contribution < -0.4 is 9.47 Å². The van der Waals surface area contributed by atoms with E-state index in [-0.39, 0.29) is 0 Å². The first-order valence-electron chi connectivity index (χ1n) is 6.08. The molecule has 18 heavy (non-hydrogen) atoms. The summed E-state index contributed by atoms with van der Waals surface area (Å²) in [6.07, 6.45) is 3.37. The zero-order valence-electron chi connectivity index (χ0n) is 10.9. The maximum Gasteiger partial charge on any atom is 0.235 e. The standard InChI is InChI=1S/C14H17NO3/c1-4-18-12-8-11(13(17-3)7-10(12)2)14(5-6-14)15-9-16/h7-8H,4-6H2,1-3H3. The van der Waals surface area contributed by atoms with E-state index >= 15 is 0 Å². The van der Waals surface area contributed by atoms with Gasteiger partial charge < -0.3 is 9.47 Å². The lowest BCUT2D eigenvalue weighted by molar-refractivity contribution is 0.335. The largest absolute Gasteiger partial charge is 0.496 e. The predicted octanol–water partition coefficient (Wildman–Crippen LogP) is 2.73. The summed E-state index contributed by atoms with van der Waals surface area (Å²) in [5.41, 5.74) is 1.50. The van der Waals surface area contributed by atoms with Gasteiger partial charge in [-0.3, -0.25) is 0 Å². The molecule has 0 aliphatic heterocycles. The fourth-order valence-corrected chi connectivity index (χ4v) is 2.15. The predicted molar refractivity (Wildman–Crippen MR) is 67.9 cm³/mol. The van der Waals surface area contributed by atoms with Crippen LogP contribution in [-0.4, -0.2) is 19.8 Å². The fourth-order valence-electron chi connectivity index (χ4n) is 2.15. The molecule has 0 radical (unpaired) electrons. The third kappa shape index (κ3) is 2.12. The summed E-state index contributed by atoms with van der Waals surface area (Å²) in [5, 5.41) is 0. The first kappa shape index (κ1) is 12.7. The summed E-state index contributed by atoms with van der Waals surface area (Å²) in [6.45, 7) is 4.52. The molecule has 0 heterocycles. The first-order valence-corrected chi connectivity index (χ1v) is 6.08. The van der Waals surface area contributed by atoms with Gasteiger partial charge in [0.1, 0.15) is 17.0 Å². The van der Waals surface area contributed by atoms with Crippen LogP contribution in [0.5, 0.6) is 11.5 Å². The van der Waals surface area contributed by atoms with Crippen LogP contribution in [0, 0.1) is 6.92 Å². The summed E-state index contributed by atoms with van der Waals surface area (Å²) >= 11 is 0. The fraction of sp³-hybridized carbons (Fsp3) is 0.500. The Morgan fingerprint density at radius 3 is 2.61 bits per heavy atom. The van der Waals surface area contributed by atoms with Crippen molar-refractivity contribution >= 4 is 6.08 Å². The normalized spacial score (nSPS) is 15.7. The number of rotatable bonds is 5. The summed E-state index contributed by atoms with van der Waals surface area (Å²) in [5.74, 6) is 1.58. The van der Waals surface area contributed by atoms with E-state index in [1.54, 1.807) is 13.2 Å². The SMILES string of the molecule is CCOc1cc(C2(N=C=O)CC2)c(OC)cc1C. The summed E-state index contributed by atoms with van der Waals surface area (Å²) in [7, 11) is 1.62. The molecule has 0 aromatic heterocycles. The molecule has 4 nitrogen and oxygen atoms in total. The van der Waals surface area contributed by atoms with Crippen molar-refractivity contribution in [3.63, 3.8) is 0 Å². The van der Waals surface area contributed by atoms with Crippen molar-refractivity contribution in [3.05, 3.63) is 23.3 Å². The lowest BCUT2D eigenvalue weighted by atomic mass is 10.0. The number of benzene rings is 1. The van der Waals surface area contributed by atoms with Crippen LogP contribution >= 0.6 is 0 Å². The number of isocyanates is 1. The number of hydrogen-bond acceptors (Lipinski definition) is 4. The zero-order chi connectivity index (χ0) is 13.2. The van der Waals surface area contributed by atoms with Crippen molar-refractivity contribution in [3.8, 4) is 11.5 Å². The average molecular weight is 247 g/mol. The van der Waals surface area contributed by atoms with Gasteiger partial charge in [0.25, 0.3) is 0 Å². The van der Waals surface area contributed by atoms with Gasteiger partial charge in [-0.1, -0.05) is 0 Å². The molecule has 1 aromatic carbocycles. The van der Waals surface area contributed by atoms with Gasteiger partial charge in [0, 0.05) is 5.56 Å². The van der Waals surface area contributed by atoms with E-state index in [4.69, 9.17) is 9.47 Å². The van der Waals surface area contributed by atoms with E-state index < -0.39 is 5.54 Å². The Morgan fingerprint density at radius 1 is 1.39 bits per heavy atom. The molecule has 2 rings (SSSR count). The van der Waals surface area contributed by atoms with E-state index in [1.165, 1.54) is 0 Å². The van der Waals surface area contributed by atoms with Gasteiger partial charge in [-0.15, -0.1) is 0 Å². The van der Waals surface area contributed by atoms with Gasteiger partial charge in [0.05, 0.1) is 13.7 Å². The van der Waals surface area contributed by atoms with E-state index in [0.717, 1.165) is 35.5 Å². The van der Waals surface area contributed by atoms with Gasteiger partial charge in [-0.05, 0) is 44.4 Å². The van der Waals surface area contributed by atoms with Gasteiger partial charge in [0.15, 0.2) is 0 Å². The molecule has 0 saturated heterocycles. The Labute approximate surface area is 107 Å². The monoisotopic (exact) mass is 247 g/mol. The Bertz CT molecular complexity index is 500. The molecule has 1 saturated carbocycles. The number of nitrogens with zero attached hydrogens (tertiary/aromatic N) is 1. The molecule has 0 atom stereocenters. The van der Waals surface area contributed by atoms with Crippen LogP contribution in [0.15, 0.2) is 17.1 Å². The van der Waals surface area contributed by atoms with Crippen molar-refractivity contribution in [2.75, 3.05) is 13.7 Å². The highest BCUT2D eigenvalue weighted by Gasteiger charge is 2.47. The Balaban J connectivity index is 2.51. The molecule has 0 spiro atoms. The van der Waals surface area contributed by atoms with Crippen LogP contribution in [0.2, 0.25) is 0 Å². The molecule has 1 aromatic rings. The minimum atomic E-state index is -0.438. The molecule has 0 unspecified atom stereocenters. The first-order chi connectivity index (χ1) is 8.66. The lowest BCUT2D eigenvalue weighted by Crippen LogP contribution is -2.07. The summed E-state index contributed by atoms with van der Waals surface area (Å²) < 4.78 is 11.0. The lowest BCUT2D eigenvalue weighted by Gasteiger charge is -2.17. The van der Waals surface area contributed by atoms with Crippen molar-refractivity contribution in [2.24, 2.45) is 4.99 Å². The third-order valence-electron chi connectivity index (χ3n) is 3.28. The van der Waals surface area contributed by atoms with E-state index in [2.05, 4.69) is 4.99 Å². The molecule has 1 aliphatic carbocycles. The van der Waals surface area contributed by atoms with Gasteiger partial charge in [0.2, 0.25) is 6.08 Å². The average Bonchev–Trinajstić information content (AvgIpc) is 3.13. The molecular weight excluding hydrogens is 230 g/mol. The van der Waals surface area contributed by atoms with Crippen molar-refractivity contribution in [1.29, 1.82) is 0 Å². The van der Waals surface area contributed by atoms with Crippen LogP contribution in [0.3, 0.4) is 0 Å². The van der Waals surface area contributed by atoms with Gasteiger partial charge in [-0.25, -0.2) is 4.79 Å². The molecule has 96 valence electrons. The smallest absolute Gasteiger partial charge is 0.235 e. The molecule has 1 fully saturated rings. The number of ether oxygens (including phenoxy) is 2. The van der Waals surface area contributed by atoms with Crippen LogP contribution in [-0.2, 0) is 10.3 Å². The minimum absolute atomic E-state index is 0.438. The zero-order valence-corrected chi connectivity index (χ0v) is 10.9. The maximum absolute atomic E-state index is 10.5. The topological polar surface area (TPSA) is 47.9 Å². The number of hydrogen-bond donors (Lipinski definition) is 0. The Kier molecular flexibility index (Phi) is 3.39. The van der Waals surface area contributed by atoms with E-state index in [0.29, 0.717) is 6.61 Å². The summed E-state index contributed by atoms with van der Waals surface area (Å²) in [6, 6.07) is 3.87. The Hall–Kier alpha value is -1.80. The highest BCUT2D eigenvalue weighted by atomic mass is 16.5. The van der Waals surface area contributed by atoms with Crippen LogP contribution in [0.1, 0.15) is 30.9 Å². The molecule has 1 aliphatic rings. The second-order valence-electron chi connectivity index (χ2n) is 4.49. The Morgan fingerprint density at radius 2 is 2.11 bits per heavy atom. The molecule has 0 bridgehead atoms. The minimum Gasteiger partial charge on any atom is -0.496 e. The quantitative estimate of drug-likeness (QED) is 0.593. The molecular formula is C14H17NO3. The van der Waals surface area contributed by atoms with E-state index in [1.807, 2.05) is 26.0 Å². The molecule has 0 N–H and O–H groups in total.